The molecule has 3 aliphatic carbocycles. The van der Waals surface area contributed by atoms with E-state index in [-0.39, 0.29) is 18.6 Å². The van der Waals surface area contributed by atoms with Gasteiger partial charge in [0.2, 0.25) is 0 Å². The summed E-state index contributed by atoms with van der Waals surface area (Å²) in [4.78, 5) is 58.8. The highest BCUT2D eigenvalue weighted by Gasteiger charge is 2.80. The lowest BCUT2D eigenvalue weighted by Gasteiger charge is -2.69. The van der Waals surface area contributed by atoms with Crippen molar-refractivity contribution in [2.24, 2.45) is 16.7 Å². The molecule has 11 unspecified atom stereocenters. The second kappa shape index (κ2) is 21.6. The van der Waals surface area contributed by atoms with E-state index in [9.17, 15) is 14.7 Å². The zero-order valence-corrected chi connectivity index (χ0v) is 50.5. The van der Waals surface area contributed by atoms with Gasteiger partial charge in [-0.05, 0) is 114 Å². The molecule has 0 spiro atoms. The maximum Gasteiger partial charge on any atom is 0.408 e. The minimum atomic E-state index is -2.76. The largest absolute Gasteiger partial charge is 0.456 e. The van der Waals surface area contributed by atoms with E-state index in [1.807, 2.05) is 65.0 Å². The molecule has 422 valence electrons. The minimum absolute atomic E-state index is 0.0566. The van der Waals surface area contributed by atoms with Crippen LogP contribution < -0.4 is 5.32 Å². The van der Waals surface area contributed by atoms with Crippen LogP contribution in [0.1, 0.15) is 153 Å². The molecule has 2 bridgehead atoms. The number of carbonyl (C=O) groups excluding carboxylic acids is 4. The Labute approximate surface area is 454 Å². The van der Waals surface area contributed by atoms with Gasteiger partial charge in [-0.3, -0.25) is 4.79 Å². The molecule has 2 saturated heterocycles. The Kier molecular flexibility index (Phi) is 17.0. The van der Waals surface area contributed by atoms with Gasteiger partial charge in [-0.2, -0.15) is 0 Å². The predicted molar refractivity (Wildman–Crippen MR) is 293 cm³/mol. The summed E-state index contributed by atoms with van der Waals surface area (Å²) in [6, 6.07) is 21.1. The zero-order chi connectivity index (χ0) is 56.2. The molecule has 2 aromatic carbocycles. The number of fused-ring (bicyclic) bond motifs is 8. The van der Waals surface area contributed by atoms with E-state index in [1.165, 1.54) is 6.92 Å². The summed E-state index contributed by atoms with van der Waals surface area (Å²) in [7, 11) is -5.25. The van der Waals surface area contributed by atoms with E-state index in [0.717, 1.165) is 18.1 Å². The first kappa shape index (κ1) is 59.7. The van der Waals surface area contributed by atoms with Crippen LogP contribution in [0, 0.1) is 16.7 Å². The summed E-state index contributed by atoms with van der Waals surface area (Å²) in [5.74, 6) is -4.34. The quantitative estimate of drug-likeness (QED) is 0.0622. The van der Waals surface area contributed by atoms with Gasteiger partial charge in [-0.25, -0.2) is 14.4 Å². The Balaban J connectivity index is 1.51. The number of ether oxygens (including phenoxy) is 7. The van der Waals surface area contributed by atoms with Crippen LogP contribution in [0.5, 0.6) is 0 Å². The van der Waals surface area contributed by atoms with Gasteiger partial charge in [0.15, 0.2) is 33.6 Å². The Morgan fingerprint density at radius 3 is 1.88 bits per heavy atom. The van der Waals surface area contributed by atoms with Gasteiger partial charge >= 0.3 is 24.0 Å². The highest BCUT2D eigenvalue weighted by Crippen LogP contribution is 2.68. The molecule has 2 aromatic rings. The standard InChI is InChI=1S/C59H89NO14Si2/c1-18-75(19-2,20-3)73-42-34-43-58(36-66-43,69-38(8)61)46-49(68-50(62)40-32-28-25-29-33-40)59(65)35-41(37(7)44(54(59,12)13)45-48(56(42,46)16)71-55(14,15)70-45)67-51(63)57(17,74-76(21-4,22-5)23-6)47(39-30-26-24-27-31-39)60-52(64)72-53(9,10)11/h24-33,41-43,45-49,65H,18-23,34-36H2,1-17H3,(H,60,64)/t41?,42?,43?,45?,46?,47?,48?,49?,56-,57?,58?,59?/m1/s1. The van der Waals surface area contributed by atoms with E-state index >= 15 is 9.59 Å². The van der Waals surface area contributed by atoms with Gasteiger partial charge in [-0.15, -0.1) is 0 Å². The van der Waals surface area contributed by atoms with Crippen molar-refractivity contribution >= 4 is 40.6 Å². The van der Waals surface area contributed by atoms with Crippen LogP contribution in [-0.4, -0.2) is 117 Å². The first-order valence-corrected chi connectivity index (χ1v) is 33.0. The van der Waals surface area contributed by atoms with Gasteiger partial charge in [0.25, 0.3) is 0 Å². The molecule has 76 heavy (non-hydrogen) atoms. The number of hydrogen-bond donors (Lipinski definition) is 2. The normalized spacial score (nSPS) is 31.8. The fraction of sp³-hybridized carbons (Fsp3) is 0.695. The average molecular weight is 1090 g/mol. The number of alkyl carbamates (subject to hydrolysis) is 1. The predicted octanol–water partition coefficient (Wildman–Crippen LogP) is 11.3. The van der Waals surface area contributed by atoms with Gasteiger partial charge in [0.05, 0.1) is 36.3 Å². The molecule has 2 heterocycles. The van der Waals surface area contributed by atoms with E-state index in [4.69, 9.17) is 42.0 Å². The monoisotopic (exact) mass is 1090 g/mol. The average Bonchev–Trinajstić information content (AvgIpc) is 3.69. The van der Waals surface area contributed by atoms with Crippen LogP contribution in [0.2, 0.25) is 36.3 Å². The lowest BCUT2D eigenvalue weighted by atomic mass is 9.44. The summed E-state index contributed by atoms with van der Waals surface area (Å²) >= 11 is 0. The molecule has 2 saturated carbocycles. The van der Waals surface area contributed by atoms with Gasteiger partial charge in [0.1, 0.15) is 35.6 Å². The molecule has 0 aromatic heterocycles. The second-order valence-electron chi connectivity index (χ2n) is 24.6. The molecular formula is C59H89NO14Si2. The molecule has 15 nitrogen and oxygen atoms in total. The SMILES string of the molecule is CC[Si](CC)(CC)OC1CC2OCC2(OC(C)=O)C2C(OC(=O)c3ccccc3)C3(O)CC(OC(=O)C(C)(O[Si](CC)(CC)CC)C(NC(=O)OC(C)(C)C)c4ccccc4)C(C)=C(C4OC(C)(C)OC4[C@]12C)C3(C)C. The summed E-state index contributed by atoms with van der Waals surface area (Å²) in [5, 5.41) is 17.7. The Morgan fingerprint density at radius 1 is 0.803 bits per heavy atom. The van der Waals surface area contributed by atoms with E-state index in [1.54, 1.807) is 58.0 Å². The Bertz CT molecular complexity index is 2460. The first-order valence-electron chi connectivity index (χ1n) is 27.9. The van der Waals surface area contributed by atoms with Crippen LogP contribution in [0.15, 0.2) is 71.8 Å². The molecule has 7 rings (SSSR count). The van der Waals surface area contributed by atoms with Crippen molar-refractivity contribution in [1.82, 2.24) is 5.32 Å². The lowest BCUT2D eigenvalue weighted by Crippen LogP contribution is -2.82. The number of esters is 3. The number of hydrogen-bond acceptors (Lipinski definition) is 14. The Hall–Kier alpha value is -3.95. The van der Waals surface area contributed by atoms with Gasteiger partial charge in [-0.1, -0.05) is 111 Å². The van der Waals surface area contributed by atoms with Crippen LogP contribution in [0.4, 0.5) is 4.79 Å². The minimum Gasteiger partial charge on any atom is -0.456 e. The topological polar surface area (TPSA) is 184 Å². The number of aliphatic hydroxyl groups is 1. The summed E-state index contributed by atoms with van der Waals surface area (Å²) in [6.45, 7) is 32.4. The molecule has 2 N–H and O–H groups in total. The molecule has 12 atom stereocenters. The summed E-state index contributed by atoms with van der Waals surface area (Å²) in [6.07, 6.45) is -6.50. The third-order valence-corrected chi connectivity index (χ3v) is 27.9. The van der Waals surface area contributed by atoms with E-state index in [0.29, 0.717) is 41.3 Å². The zero-order valence-electron chi connectivity index (χ0n) is 48.5. The maximum atomic E-state index is 16.1. The Morgan fingerprint density at radius 2 is 1.37 bits per heavy atom. The van der Waals surface area contributed by atoms with Crippen molar-refractivity contribution in [3.8, 4) is 0 Å². The number of rotatable bonds is 18. The van der Waals surface area contributed by atoms with Crippen molar-refractivity contribution < 1.29 is 66.3 Å². The molecule has 2 aliphatic heterocycles. The fourth-order valence-corrected chi connectivity index (χ4v) is 19.8. The first-order chi connectivity index (χ1) is 35.4. The van der Waals surface area contributed by atoms with Crippen molar-refractivity contribution in [1.29, 1.82) is 0 Å². The van der Waals surface area contributed by atoms with Crippen LogP contribution in [0.3, 0.4) is 0 Å². The summed E-state index contributed by atoms with van der Waals surface area (Å²) < 4.78 is 62.4. The number of nitrogens with one attached hydrogen (secondary N) is 1. The maximum absolute atomic E-state index is 16.1. The molecule has 0 radical (unpaired) electrons. The van der Waals surface area contributed by atoms with Crippen molar-refractivity contribution in [3.63, 3.8) is 0 Å². The van der Waals surface area contributed by atoms with Crippen LogP contribution in [0.25, 0.3) is 0 Å². The van der Waals surface area contributed by atoms with E-state index < -0.39 is 128 Å². The molecule has 4 fully saturated rings. The highest BCUT2D eigenvalue weighted by atomic mass is 28.4. The van der Waals surface area contributed by atoms with Gasteiger partial charge in [0, 0.05) is 30.6 Å². The smallest absolute Gasteiger partial charge is 0.408 e. The van der Waals surface area contributed by atoms with Gasteiger partial charge < -0.3 is 52.4 Å². The molecule has 17 heteroatoms. The molecule has 1 amide bonds. The van der Waals surface area contributed by atoms with Crippen LogP contribution >= 0.6 is 0 Å². The number of amides is 1. The fourth-order valence-electron chi connectivity index (χ4n) is 13.8. The highest BCUT2D eigenvalue weighted by molar-refractivity contribution is 6.74. The van der Waals surface area contributed by atoms with E-state index in [2.05, 4.69) is 53.8 Å². The van der Waals surface area contributed by atoms with Crippen molar-refractivity contribution in [2.75, 3.05) is 6.61 Å². The number of carbonyl (C=O) groups is 4. The molecular weight excluding hydrogens is 1000 g/mol. The molecule has 5 aliphatic rings. The second-order valence-corrected chi connectivity index (χ2v) is 34.0. The summed E-state index contributed by atoms with van der Waals surface area (Å²) in [5.41, 5.74) is -6.81. The lowest BCUT2D eigenvalue weighted by molar-refractivity contribution is -0.361. The third-order valence-electron chi connectivity index (χ3n) is 18.6. The van der Waals surface area contributed by atoms with Crippen molar-refractivity contribution in [2.45, 2.75) is 238 Å². The van der Waals surface area contributed by atoms with Crippen LogP contribution in [-0.2, 0) is 51.6 Å². The number of benzene rings is 2. The van der Waals surface area contributed by atoms with Crippen molar-refractivity contribution in [3.05, 3.63) is 82.9 Å². The third kappa shape index (κ3) is 10.4.